The molecule has 4 bridgehead atoms. The zero-order valence-corrected chi connectivity index (χ0v) is 12.3. The Hall–Kier alpha value is -1.57. The van der Waals surface area contributed by atoms with E-state index in [0.717, 1.165) is 17.4 Å². The summed E-state index contributed by atoms with van der Waals surface area (Å²) in [6.07, 6.45) is 8.40. The highest BCUT2D eigenvalue weighted by Crippen LogP contribution is 2.54. The van der Waals surface area contributed by atoms with Crippen LogP contribution in [-0.4, -0.2) is 12.1 Å². The average molecular weight is 282 g/mol. The third-order valence-corrected chi connectivity index (χ3v) is 5.78. The SMILES string of the molecule is C=Cc1ccccc1C(=O)OC1C2CC3CC(C2)CC1C3. The van der Waals surface area contributed by atoms with Crippen molar-refractivity contribution in [3.05, 3.63) is 42.0 Å². The molecule has 21 heavy (non-hydrogen) atoms. The number of carbonyl (C=O) groups excluding carboxylic acids is 1. The normalized spacial score (nSPS) is 36.5. The van der Waals surface area contributed by atoms with Crippen LogP contribution in [0.5, 0.6) is 0 Å². The molecule has 1 aromatic carbocycles. The van der Waals surface area contributed by atoms with Gasteiger partial charge in [-0.2, -0.15) is 0 Å². The molecular weight excluding hydrogens is 260 g/mol. The molecule has 0 aromatic heterocycles. The topological polar surface area (TPSA) is 26.3 Å². The Balaban J connectivity index is 1.53. The molecule has 0 heterocycles. The second-order valence-corrected chi connectivity index (χ2v) is 7.09. The maximum Gasteiger partial charge on any atom is 0.339 e. The molecule has 4 aliphatic carbocycles. The highest BCUT2D eigenvalue weighted by Gasteiger charge is 2.49. The van der Waals surface area contributed by atoms with Gasteiger partial charge in [-0.05, 0) is 67.4 Å². The summed E-state index contributed by atoms with van der Waals surface area (Å²) in [5.74, 6) is 2.87. The van der Waals surface area contributed by atoms with E-state index in [1.54, 1.807) is 6.08 Å². The van der Waals surface area contributed by atoms with Gasteiger partial charge in [0.05, 0.1) is 5.56 Å². The molecule has 0 radical (unpaired) electrons. The summed E-state index contributed by atoms with van der Waals surface area (Å²) in [4.78, 5) is 12.5. The zero-order chi connectivity index (χ0) is 14.4. The van der Waals surface area contributed by atoms with Gasteiger partial charge in [0.25, 0.3) is 0 Å². The van der Waals surface area contributed by atoms with Crippen molar-refractivity contribution in [2.24, 2.45) is 23.7 Å². The predicted octanol–water partition coefficient (Wildman–Crippen LogP) is 4.31. The highest BCUT2D eigenvalue weighted by atomic mass is 16.5. The fraction of sp³-hybridized carbons (Fsp3) is 0.526. The van der Waals surface area contributed by atoms with E-state index in [-0.39, 0.29) is 12.1 Å². The van der Waals surface area contributed by atoms with E-state index in [2.05, 4.69) is 6.58 Å². The second kappa shape index (κ2) is 5.01. The molecule has 110 valence electrons. The van der Waals surface area contributed by atoms with Crippen molar-refractivity contribution in [2.75, 3.05) is 0 Å². The van der Waals surface area contributed by atoms with Crippen LogP contribution in [0.1, 0.15) is 48.0 Å². The van der Waals surface area contributed by atoms with E-state index < -0.39 is 0 Å². The molecule has 1 aromatic rings. The largest absolute Gasteiger partial charge is 0.458 e. The number of hydrogen-bond donors (Lipinski definition) is 0. The van der Waals surface area contributed by atoms with Crippen molar-refractivity contribution < 1.29 is 9.53 Å². The van der Waals surface area contributed by atoms with Gasteiger partial charge in [-0.25, -0.2) is 4.79 Å². The summed E-state index contributed by atoms with van der Waals surface area (Å²) >= 11 is 0. The van der Waals surface area contributed by atoms with Crippen molar-refractivity contribution in [3.8, 4) is 0 Å². The van der Waals surface area contributed by atoms with Crippen LogP contribution >= 0.6 is 0 Å². The lowest BCUT2D eigenvalue weighted by Gasteiger charge is -2.53. The molecule has 0 spiro atoms. The minimum Gasteiger partial charge on any atom is -0.458 e. The third kappa shape index (κ3) is 2.21. The predicted molar refractivity (Wildman–Crippen MR) is 82.8 cm³/mol. The quantitative estimate of drug-likeness (QED) is 0.772. The standard InChI is InChI=1S/C19H22O2/c1-2-14-5-3-4-6-17(14)19(20)21-18-15-8-12-7-13(10-15)11-16(18)9-12/h2-6,12-13,15-16,18H,1,7-11H2. The van der Waals surface area contributed by atoms with E-state index in [0.29, 0.717) is 17.4 Å². The van der Waals surface area contributed by atoms with Crippen LogP contribution in [0.2, 0.25) is 0 Å². The van der Waals surface area contributed by atoms with E-state index in [9.17, 15) is 4.79 Å². The Bertz CT molecular complexity index is 547. The third-order valence-electron chi connectivity index (χ3n) is 5.78. The Morgan fingerprint density at radius 3 is 2.29 bits per heavy atom. The van der Waals surface area contributed by atoms with Gasteiger partial charge < -0.3 is 4.74 Å². The molecule has 0 amide bonds. The minimum absolute atomic E-state index is 0.156. The fourth-order valence-corrected chi connectivity index (χ4v) is 5.12. The fourth-order valence-electron chi connectivity index (χ4n) is 5.12. The molecule has 2 heteroatoms. The van der Waals surface area contributed by atoms with Crippen LogP contribution in [0.15, 0.2) is 30.8 Å². The first-order valence-electron chi connectivity index (χ1n) is 8.17. The van der Waals surface area contributed by atoms with Gasteiger partial charge >= 0.3 is 5.97 Å². The summed E-state index contributed by atoms with van der Waals surface area (Å²) < 4.78 is 5.97. The molecule has 0 atom stereocenters. The maximum atomic E-state index is 12.5. The molecular formula is C19H22O2. The van der Waals surface area contributed by atoms with E-state index >= 15 is 0 Å². The Labute approximate surface area is 126 Å². The summed E-state index contributed by atoms with van der Waals surface area (Å²) in [6.45, 7) is 3.79. The molecule has 2 nitrogen and oxygen atoms in total. The van der Waals surface area contributed by atoms with Crippen molar-refractivity contribution in [1.82, 2.24) is 0 Å². The van der Waals surface area contributed by atoms with Crippen LogP contribution < -0.4 is 0 Å². The number of ether oxygens (including phenoxy) is 1. The summed E-state index contributed by atoms with van der Waals surface area (Å²) in [5, 5.41) is 0. The second-order valence-electron chi connectivity index (χ2n) is 7.09. The van der Waals surface area contributed by atoms with Crippen molar-refractivity contribution in [1.29, 1.82) is 0 Å². The smallest absolute Gasteiger partial charge is 0.339 e. The number of rotatable bonds is 3. The average Bonchev–Trinajstić information content (AvgIpc) is 2.50. The van der Waals surface area contributed by atoms with Gasteiger partial charge in [0, 0.05) is 0 Å². The first-order valence-corrected chi connectivity index (χ1v) is 8.17. The van der Waals surface area contributed by atoms with E-state index in [1.165, 1.54) is 32.1 Å². The molecule has 0 saturated heterocycles. The minimum atomic E-state index is -0.164. The lowest BCUT2D eigenvalue weighted by molar-refractivity contribution is -0.101. The molecule has 0 unspecified atom stereocenters. The Kier molecular flexibility index (Phi) is 3.13. The van der Waals surface area contributed by atoms with Gasteiger partial charge in [-0.1, -0.05) is 30.9 Å². The summed E-state index contributed by atoms with van der Waals surface area (Å²) in [7, 11) is 0. The van der Waals surface area contributed by atoms with Crippen LogP contribution in [0.3, 0.4) is 0 Å². The van der Waals surface area contributed by atoms with Crippen molar-refractivity contribution >= 4 is 12.0 Å². The van der Waals surface area contributed by atoms with Gasteiger partial charge in [-0.3, -0.25) is 0 Å². The van der Waals surface area contributed by atoms with Crippen LogP contribution in [-0.2, 0) is 4.74 Å². The van der Waals surface area contributed by atoms with E-state index in [1.807, 2.05) is 24.3 Å². The van der Waals surface area contributed by atoms with Crippen LogP contribution in [0, 0.1) is 23.7 Å². The van der Waals surface area contributed by atoms with Gasteiger partial charge in [-0.15, -0.1) is 0 Å². The van der Waals surface area contributed by atoms with E-state index in [4.69, 9.17) is 4.74 Å². The highest BCUT2D eigenvalue weighted by molar-refractivity contribution is 5.93. The molecule has 4 saturated carbocycles. The van der Waals surface area contributed by atoms with Gasteiger partial charge in [0.1, 0.15) is 6.10 Å². The number of hydrogen-bond acceptors (Lipinski definition) is 2. The van der Waals surface area contributed by atoms with Gasteiger partial charge in [0.2, 0.25) is 0 Å². The Morgan fingerprint density at radius 2 is 1.67 bits per heavy atom. The number of carbonyl (C=O) groups is 1. The molecule has 4 fully saturated rings. The molecule has 4 aliphatic rings. The molecule has 5 rings (SSSR count). The van der Waals surface area contributed by atoms with Crippen molar-refractivity contribution in [3.63, 3.8) is 0 Å². The first kappa shape index (κ1) is 13.1. The Morgan fingerprint density at radius 1 is 1.05 bits per heavy atom. The van der Waals surface area contributed by atoms with Crippen LogP contribution in [0.4, 0.5) is 0 Å². The van der Waals surface area contributed by atoms with Crippen molar-refractivity contribution in [2.45, 2.75) is 38.2 Å². The molecule has 0 N–H and O–H groups in total. The number of esters is 1. The summed E-state index contributed by atoms with van der Waals surface area (Å²) in [6, 6.07) is 7.58. The number of benzene rings is 1. The van der Waals surface area contributed by atoms with Gasteiger partial charge in [0.15, 0.2) is 0 Å². The first-order chi connectivity index (χ1) is 10.2. The maximum absolute atomic E-state index is 12.5. The zero-order valence-electron chi connectivity index (χ0n) is 12.3. The lowest BCUT2D eigenvalue weighted by Crippen LogP contribution is -2.50. The summed E-state index contributed by atoms with van der Waals surface area (Å²) in [5.41, 5.74) is 1.52. The van der Waals surface area contributed by atoms with Crippen LogP contribution in [0.25, 0.3) is 6.08 Å². The monoisotopic (exact) mass is 282 g/mol. The lowest BCUT2D eigenvalue weighted by atomic mass is 9.55. The molecule has 0 aliphatic heterocycles.